The van der Waals surface area contributed by atoms with Gasteiger partial charge < -0.3 is 10.2 Å². The number of benzene rings is 1. The number of hydrogen-bond donors (Lipinski definition) is 1. The Kier molecular flexibility index (Phi) is 4.60. The highest BCUT2D eigenvalue weighted by Gasteiger charge is 2.39. The maximum atomic E-state index is 12.4. The molecule has 0 spiro atoms. The lowest BCUT2D eigenvalue weighted by Crippen LogP contribution is -2.55. The summed E-state index contributed by atoms with van der Waals surface area (Å²) >= 11 is 0. The van der Waals surface area contributed by atoms with E-state index in [1.54, 1.807) is 0 Å². The van der Waals surface area contributed by atoms with Gasteiger partial charge in [-0.3, -0.25) is 4.98 Å². The van der Waals surface area contributed by atoms with Crippen molar-refractivity contribution < 1.29 is 4.79 Å². The fraction of sp³-hybridized carbons (Fsp3) is 0.368. The molecule has 4 heteroatoms. The van der Waals surface area contributed by atoms with E-state index in [-0.39, 0.29) is 12.1 Å². The summed E-state index contributed by atoms with van der Waals surface area (Å²) in [6.07, 6.45) is 2.68. The molecule has 0 unspecified atom stereocenters. The van der Waals surface area contributed by atoms with E-state index in [1.807, 2.05) is 42.3 Å². The Labute approximate surface area is 137 Å². The normalized spacial score (nSPS) is 20.0. The van der Waals surface area contributed by atoms with E-state index in [9.17, 15) is 4.79 Å². The average molecular weight is 309 g/mol. The van der Waals surface area contributed by atoms with Crippen molar-refractivity contribution in [1.29, 1.82) is 0 Å². The van der Waals surface area contributed by atoms with Crippen molar-refractivity contribution in [2.24, 2.45) is 5.92 Å². The first-order chi connectivity index (χ1) is 11.1. The monoisotopic (exact) mass is 309 g/mol. The first kappa shape index (κ1) is 15.5. The molecule has 1 N–H and O–H groups in total. The van der Waals surface area contributed by atoms with Gasteiger partial charge in [0.2, 0.25) is 0 Å². The van der Waals surface area contributed by atoms with Gasteiger partial charge >= 0.3 is 6.03 Å². The quantitative estimate of drug-likeness (QED) is 0.941. The highest BCUT2D eigenvalue weighted by atomic mass is 16.2. The van der Waals surface area contributed by atoms with Crippen LogP contribution in [-0.2, 0) is 6.42 Å². The molecule has 120 valence electrons. The standard InChI is InChI=1S/C19H23N3O/c1-14-13-22(18(14)17-6-4-3-5-7-17)19(23)20-11-10-16-9-8-15(2)21-12-16/h3-9,12,14,18H,10-11,13H2,1-2H3,(H,20,23)/t14-,18-/m1/s1. The van der Waals surface area contributed by atoms with Crippen LogP contribution < -0.4 is 5.32 Å². The van der Waals surface area contributed by atoms with Gasteiger partial charge in [-0.2, -0.15) is 0 Å². The Balaban J connectivity index is 1.53. The van der Waals surface area contributed by atoms with Gasteiger partial charge in [0, 0.05) is 25.0 Å². The molecule has 2 aromatic rings. The maximum absolute atomic E-state index is 12.4. The molecule has 0 aliphatic carbocycles. The summed E-state index contributed by atoms with van der Waals surface area (Å²) in [6.45, 7) is 5.62. The molecular weight excluding hydrogens is 286 g/mol. The maximum Gasteiger partial charge on any atom is 0.317 e. The smallest absolute Gasteiger partial charge is 0.317 e. The molecule has 0 bridgehead atoms. The van der Waals surface area contributed by atoms with Crippen molar-refractivity contribution >= 4 is 6.03 Å². The summed E-state index contributed by atoms with van der Waals surface area (Å²) in [5.41, 5.74) is 3.37. The Morgan fingerprint density at radius 2 is 2.04 bits per heavy atom. The SMILES string of the molecule is Cc1ccc(CCNC(=O)N2C[C@@H](C)[C@@H]2c2ccccc2)cn1. The van der Waals surface area contributed by atoms with Crippen LogP contribution in [0.25, 0.3) is 0 Å². The molecule has 0 saturated carbocycles. The number of carbonyl (C=O) groups is 1. The second-order valence-corrected chi connectivity index (χ2v) is 6.27. The lowest BCUT2D eigenvalue weighted by molar-refractivity contribution is 0.0594. The predicted molar refractivity (Wildman–Crippen MR) is 91.1 cm³/mol. The Morgan fingerprint density at radius 1 is 1.26 bits per heavy atom. The van der Waals surface area contributed by atoms with Crippen LogP contribution in [0.1, 0.15) is 29.8 Å². The Hall–Kier alpha value is -2.36. The van der Waals surface area contributed by atoms with Gasteiger partial charge in [-0.25, -0.2) is 4.79 Å². The van der Waals surface area contributed by atoms with Crippen molar-refractivity contribution in [3.05, 3.63) is 65.5 Å². The summed E-state index contributed by atoms with van der Waals surface area (Å²) in [5.74, 6) is 0.504. The second kappa shape index (κ2) is 6.82. The van der Waals surface area contributed by atoms with Crippen molar-refractivity contribution in [1.82, 2.24) is 15.2 Å². The van der Waals surface area contributed by atoms with Crippen LogP contribution in [-0.4, -0.2) is 29.0 Å². The minimum absolute atomic E-state index is 0.0250. The molecule has 4 nitrogen and oxygen atoms in total. The van der Waals surface area contributed by atoms with Crippen LogP contribution in [0, 0.1) is 12.8 Å². The summed E-state index contributed by atoms with van der Waals surface area (Å²) in [5, 5.41) is 3.03. The van der Waals surface area contributed by atoms with Crippen molar-refractivity contribution in [3.63, 3.8) is 0 Å². The third-order valence-electron chi connectivity index (χ3n) is 4.42. The Morgan fingerprint density at radius 3 is 2.70 bits per heavy atom. The largest absolute Gasteiger partial charge is 0.338 e. The number of pyridine rings is 1. The molecular formula is C19H23N3O. The number of aryl methyl sites for hydroxylation is 1. The molecule has 3 rings (SSSR count). The van der Waals surface area contributed by atoms with Crippen LogP contribution in [0.4, 0.5) is 4.79 Å². The molecule has 23 heavy (non-hydrogen) atoms. The van der Waals surface area contributed by atoms with Crippen molar-refractivity contribution in [3.8, 4) is 0 Å². The lowest BCUT2D eigenvalue weighted by Gasteiger charge is -2.46. The summed E-state index contributed by atoms with van der Waals surface area (Å²) in [7, 11) is 0. The van der Waals surface area contributed by atoms with Crippen molar-refractivity contribution in [2.75, 3.05) is 13.1 Å². The van der Waals surface area contributed by atoms with E-state index in [1.165, 1.54) is 5.56 Å². The minimum atomic E-state index is 0.0250. The molecule has 1 fully saturated rings. The summed E-state index contributed by atoms with van der Waals surface area (Å²) in [4.78, 5) is 18.6. The van der Waals surface area contributed by atoms with Crippen LogP contribution in [0.5, 0.6) is 0 Å². The van der Waals surface area contributed by atoms with E-state index >= 15 is 0 Å². The molecule has 2 heterocycles. The zero-order valence-electron chi connectivity index (χ0n) is 13.7. The van der Waals surface area contributed by atoms with Gasteiger partial charge in [0.05, 0.1) is 6.04 Å². The van der Waals surface area contributed by atoms with Gasteiger partial charge in [0.15, 0.2) is 0 Å². The number of hydrogen-bond acceptors (Lipinski definition) is 2. The molecule has 1 aromatic carbocycles. The number of aromatic nitrogens is 1. The summed E-state index contributed by atoms with van der Waals surface area (Å²) < 4.78 is 0. The number of nitrogens with one attached hydrogen (secondary N) is 1. The van der Waals surface area contributed by atoms with Crippen LogP contribution in [0.3, 0.4) is 0 Å². The highest BCUT2D eigenvalue weighted by Crippen LogP contribution is 2.38. The molecule has 2 amide bonds. The van der Waals surface area contributed by atoms with Crippen LogP contribution >= 0.6 is 0 Å². The van der Waals surface area contributed by atoms with Gasteiger partial charge in [-0.05, 0) is 36.5 Å². The molecule has 0 radical (unpaired) electrons. The first-order valence-electron chi connectivity index (χ1n) is 8.16. The second-order valence-electron chi connectivity index (χ2n) is 6.27. The van der Waals surface area contributed by atoms with E-state index < -0.39 is 0 Å². The van der Waals surface area contributed by atoms with E-state index in [0.717, 1.165) is 24.2 Å². The lowest BCUT2D eigenvalue weighted by atomic mass is 9.85. The fourth-order valence-electron chi connectivity index (χ4n) is 3.12. The zero-order chi connectivity index (χ0) is 16.2. The van der Waals surface area contributed by atoms with E-state index in [2.05, 4.69) is 35.4 Å². The van der Waals surface area contributed by atoms with Gasteiger partial charge in [-0.15, -0.1) is 0 Å². The highest BCUT2D eigenvalue weighted by molar-refractivity contribution is 5.75. The number of rotatable bonds is 4. The molecule has 1 aliphatic rings. The first-order valence-corrected chi connectivity index (χ1v) is 8.16. The number of urea groups is 1. The van der Waals surface area contributed by atoms with Crippen molar-refractivity contribution in [2.45, 2.75) is 26.3 Å². The third kappa shape index (κ3) is 3.52. The van der Waals surface area contributed by atoms with Crippen LogP contribution in [0.2, 0.25) is 0 Å². The van der Waals surface area contributed by atoms with Gasteiger partial charge in [0.1, 0.15) is 0 Å². The fourth-order valence-corrected chi connectivity index (χ4v) is 3.12. The van der Waals surface area contributed by atoms with E-state index in [4.69, 9.17) is 0 Å². The van der Waals surface area contributed by atoms with Gasteiger partial charge in [0.25, 0.3) is 0 Å². The zero-order valence-corrected chi connectivity index (χ0v) is 13.7. The third-order valence-corrected chi connectivity index (χ3v) is 4.42. The number of likely N-dealkylation sites (tertiary alicyclic amines) is 1. The molecule has 1 saturated heterocycles. The summed E-state index contributed by atoms with van der Waals surface area (Å²) in [6, 6.07) is 14.5. The van der Waals surface area contributed by atoms with Gasteiger partial charge in [-0.1, -0.05) is 43.3 Å². The average Bonchev–Trinajstić information content (AvgIpc) is 2.55. The minimum Gasteiger partial charge on any atom is -0.338 e. The number of nitrogens with zero attached hydrogens (tertiary/aromatic N) is 2. The number of carbonyl (C=O) groups excluding carboxylic acids is 1. The molecule has 1 aromatic heterocycles. The van der Waals surface area contributed by atoms with Crippen LogP contribution in [0.15, 0.2) is 48.7 Å². The molecule has 1 aliphatic heterocycles. The predicted octanol–water partition coefficient (Wildman–Crippen LogP) is 3.34. The van der Waals surface area contributed by atoms with E-state index in [0.29, 0.717) is 12.5 Å². The molecule has 2 atom stereocenters. The number of amides is 2. The Bertz CT molecular complexity index is 654. The topological polar surface area (TPSA) is 45.2 Å².